The highest BCUT2D eigenvalue weighted by Crippen LogP contribution is 2.52. The van der Waals surface area contributed by atoms with Crippen LogP contribution in [0.25, 0.3) is 0 Å². The topological polar surface area (TPSA) is 52.6 Å². The zero-order valence-corrected chi connectivity index (χ0v) is 16.2. The Morgan fingerprint density at radius 1 is 1.00 bits per heavy atom. The first-order chi connectivity index (χ1) is 13.3. The van der Waals surface area contributed by atoms with Crippen molar-refractivity contribution >= 4 is 11.9 Å². The molecule has 1 spiro atoms. The third kappa shape index (κ3) is 3.12. The zero-order chi connectivity index (χ0) is 18.3. The van der Waals surface area contributed by atoms with Gasteiger partial charge in [-0.15, -0.1) is 0 Å². The molecule has 1 saturated carbocycles. The molecule has 1 unspecified atom stereocenters. The lowest BCUT2D eigenvalue weighted by atomic mass is 9.62. The predicted octanol–water partition coefficient (Wildman–Crippen LogP) is 2.17. The van der Waals surface area contributed by atoms with Gasteiger partial charge in [-0.1, -0.05) is 6.42 Å². The lowest BCUT2D eigenvalue weighted by Crippen LogP contribution is -2.51. The molecule has 6 nitrogen and oxygen atoms in total. The average molecular weight is 370 g/mol. The van der Waals surface area contributed by atoms with Gasteiger partial charge in [0.25, 0.3) is 0 Å². The number of aromatic nitrogens is 2. The fraction of sp³-hybridized carbons (Fsp3) is 0.762. The molecule has 146 valence electrons. The molecule has 5 rings (SSSR count). The molecule has 27 heavy (non-hydrogen) atoms. The van der Waals surface area contributed by atoms with Crippen LogP contribution in [0.5, 0.6) is 0 Å². The number of hydrogen-bond donors (Lipinski definition) is 0. The maximum atomic E-state index is 13.5. The van der Waals surface area contributed by atoms with Crippen LogP contribution in [-0.4, -0.2) is 71.0 Å². The summed E-state index contributed by atoms with van der Waals surface area (Å²) in [5, 5.41) is 0. The van der Waals surface area contributed by atoms with Crippen molar-refractivity contribution in [3.63, 3.8) is 0 Å². The van der Waals surface area contributed by atoms with Crippen molar-refractivity contribution < 1.29 is 4.79 Å². The third-order valence-corrected chi connectivity index (χ3v) is 7.56. The molecule has 1 aromatic heterocycles. The fourth-order valence-electron chi connectivity index (χ4n) is 5.83. The molecule has 0 bridgehead atoms. The van der Waals surface area contributed by atoms with E-state index in [0.29, 0.717) is 11.9 Å². The first kappa shape index (κ1) is 17.4. The van der Waals surface area contributed by atoms with Crippen LogP contribution in [0.1, 0.15) is 44.9 Å². The molecular formula is C21H31N5O. The number of likely N-dealkylation sites (tertiary alicyclic amines) is 2. The number of piperidine rings is 1. The van der Waals surface area contributed by atoms with Crippen molar-refractivity contribution in [2.75, 3.05) is 44.2 Å². The molecule has 1 aliphatic carbocycles. The molecule has 1 aromatic rings. The van der Waals surface area contributed by atoms with Crippen molar-refractivity contribution in [2.24, 2.45) is 11.3 Å². The lowest BCUT2D eigenvalue weighted by Gasteiger charge is -2.44. The van der Waals surface area contributed by atoms with Gasteiger partial charge >= 0.3 is 0 Å². The van der Waals surface area contributed by atoms with E-state index in [1.165, 1.54) is 45.2 Å². The molecule has 1 atom stereocenters. The Bertz CT molecular complexity index is 662. The number of hydrogen-bond acceptors (Lipinski definition) is 5. The van der Waals surface area contributed by atoms with E-state index in [0.717, 1.165) is 45.0 Å². The quantitative estimate of drug-likeness (QED) is 0.817. The largest absolute Gasteiger partial charge is 0.342 e. The standard InChI is InChI=1S/C21H31N5O/c27-19(25-13-5-17(6-14-25)24-11-1-2-12-24)18-15-26(16-21(18)7-3-8-21)20-22-9-4-10-23-20/h4,9-10,17-18H,1-3,5-8,11-16H2. The van der Waals surface area contributed by atoms with Gasteiger partial charge in [-0.3, -0.25) is 4.79 Å². The van der Waals surface area contributed by atoms with Gasteiger partial charge in [0.05, 0.1) is 5.92 Å². The summed E-state index contributed by atoms with van der Waals surface area (Å²) >= 11 is 0. The van der Waals surface area contributed by atoms with Crippen molar-refractivity contribution in [1.29, 1.82) is 0 Å². The fourth-order valence-corrected chi connectivity index (χ4v) is 5.83. The van der Waals surface area contributed by atoms with E-state index in [-0.39, 0.29) is 11.3 Å². The summed E-state index contributed by atoms with van der Waals surface area (Å²) in [5.41, 5.74) is 0.169. The summed E-state index contributed by atoms with van der Waals surface area (Å²) in [6.45, 7) is 6.13. The van der Waals surface area contributed by atoms with Crippen molar-refractivity contribution in [2.45, 2.75) is 51.0 Å². The van der Waals surface area contributed by atoms with Crippen LogP contribution in [0, 0.1) is 11.3 Å². The summed E-state index contributed by atoms with van der Waals surface area (Å²) in [6, 6.07) is 2.55. The van der Waals surface area contributed by atoms with Gasteiger partial charge in [0.15, 0.2) is 0 Å². The van der Waals surface area contributed by atoms with Crippen molar-refractivity contribution in [1.82, 2.24) is 19.8 Å². The van der Waals surface area contributed by atoms with E-state index >= 15 is 0 Å². The molecule has 0 aromatic carbocycles. The van der Waals surface area contributed by atoms with E-state index < -0.39 is 0 Å². The highest BCUT2D eigenvalue weighted by Gasteiger charge is 2.54. The average Bonchev–Trinajstić information content (AvgIpc) is 3.36. The van der Waals surface area contributed by atoms with Gasteiger partial charge in [0.2, 0.25) is 11.9 Å². The van der Waals surface area contributed by atoms with Crippen molar-refractivity contribution in [3.8, 4) is 0 Å². The maximum absolute atomic E-state index is 13.5. The highest BCUT2D eigenvalue weighted by molar-refractivity contribution is 5.81. The Morgan fingerprint density at radius 3 is 2.33 bits per heavy atom. The second-order valence-corrected chi connectivity index (χ2v) is 9.00. The number of carbonyl (C=O) groups is 1. The number of rotatable bonds is 3. The Hall–Kier alpha value is -1.69. The van der Waals surface area contributed by atoms with Crippen LogP contribution in [0.15, 0.2) is 18.5 Å². The van der Waals surface area contributed by atoms with Crippen LogP contribution in [0.4, 0.5) is 5.95 Å². The lowest BCUT2D eigenvalue weighted by molar-refractivity contribution is -0.142. The Morgan fingerprint density at radius 2 is 1.70 bits per heavy atom. The number of carbonyl (C=O) groups excluding carboxylic acids is 1. The van der Waals surface area contributed by atoms with Crippen LogP contribution in [0.3, 0.4) is 0 Å². The van der Waals surface area contributed by atoms with Gasteiger partial charge in [0, 0.05) is 50.0 Å². The molecule has 6 heteroatoms. The smallest absolute Gasteiger partial charge is 0.228 e. The summed E-state index contributed by atoms with van der Waals surface area (Å²) in [5.74, 6) is 1.30. The molecule has 3 saturated heterocycles. The van der Waals surface area contributed by atoms with E-state index in [4.69, 9.17) is 0 Å². The molecular weight excluding hydrogens is 338 g/mol. The molecule has 0 N–H and O–H groups in total. The van der Waals surface area contributed by atoms with Gasteiger partial charge < -0.3 is 14.7 Å². The first-order valence-corrected chi connectivity index (χ1v) is 10.8. The van der Waals surface area contributed by atoms with Crippen LogP contribution < -0.4 is 4.90 Å². The minimum atomic E-state index is 0.124. The minimum Gasteiger partial charge on any atom is -0.342 e. The second-order valence-electron chi connectivity index (χ2n) is 9.00. The molecule has 4 aliphatic rings. The normalized spacial score (nSPS) is 28.7. The molecule has 3 aliphatic heterocycles. The summed E-state index contributed by atoms with van der Waals surface area (Å²) < 4.78 is 0. The Kier molecular flexibility index (Phi) is 4.54. The summed E-state index contributed by atoms with van der Waals surface area (Å²) in [7, 11) is 0. The van der Waals surface area contributed by atoms with Gasteiger partial charge in [-0.05, 0) is 57.7 Å². The second kappa shape index (κ2) is 7.04. The highest BCUT2D eigenvalue weighted by atomic mass is 16.2. The van der Waals surface area contributed by atoms with Crippen molar-refractivity contribution in [3.05, 3.63) is 18.5 Å². The van der Waals surface area contributed by atoms with Gasteiger partial charge in [-0.2, -0.15) is 0 Å². The first-order valence-electron chi connectivity index (χ1n) is 10.8. The summed E-state index contributed by atoms with van der Waals surface area (Å²) in [6.07, 6.45) is 12.2. The van der Waals surface area contributed by atoms with E-state index in [1.807, 2.05) is 6.07 Å². The number of amides is 1. The summed E-state index contributed by atoms with van der Waals surface area (Å²) in [4.78, 5) is 29.4. The van der Waals surface area contributed by atoms with E-state index in [1.54, 1.807) is 12.4 Å². The van der Waals surface area contributed by atoms with E-state index in [2.05, 4.69) is 24.7 Å². The van der Waals surface area contributed by atoms with E-state index in [9.17, 15) is 4.79 Å². The maximum Gasteiger partial charge on any atom is 0.228 e. The van der Waals surface area contributed by atoms with Crippen LogP contribution in [-0.2, 0) is 4.79 Å². The molecule has 4 fully saturated rings. The number of nitrogens with zero attached hydrogens (tertiary/aromatic N) is 5. The Balaban J connectivity index is 1.25. The SMILES string of the molecule is O=C(C1CN(c2ncccn2)CC12CCC2)N1CCC(N2CCCC2)CC1. The number of anilines is 1. The monoisotopic (exact) mass is 369 g/mol. The molecule has 1 amide bonds. The van der Waals surface area contributed by atoms with Crippen LogP contribution in [0.2, 0.25) is 0 Å². The predicted molar refractivity (Wildman–Crippen MR) is 104 cm³/mol. The van der Waals surface area contributed by atoms with Gasteiger partial charge in [0.1, 0.15) is 0 Å². The van der Waals surface area contributed by atoms with Crippen LogP contribution >= 0.6 is 0 Å². The minimum absolute atomic E-state index is 0.124. The molecule has 0 radical (unpaired) electrons. The molecule has 4 heterocycles. The third-order valence-electron chi connectivity index (χ3n) is 7.56. The zero-order valence-electron chi connectivity index (χ0n) is 16.2. The Labute approximate surface area is 161 Å². The van der Waals surface area contributed by atoms with Gasteiger partial charge in [-0.25, -0.2) is 9.97 Å².